The topological polar surface area (TPSA) is 109 Å². The molecule has 12 heteroatoms. The highest BCUT2D eigenvalue weighted by atomic mass is 19.4. The third-order valence-corrected chi connectivity index (χ3v) is 7.92. The molecule has 0 radical (unpaired) electrons. The number of azide groups is 1. The van der Waals surface area contributed by atoms with Crippen LogP contribution in [0.5, 0.6) is 0 Å². The van der Waals surface area contributed by atoms with Gasteiger partial charge in [0.25, 0.3) is 5.91 Å². The van der Waals surface area contributed by atoms with Gasteiger partial charge >= 0.3 is 6.18 Å². The van der Waals surface area contributed by atoms with Crippen LogP contribution in [-0.4, -0.2) is 33.8 Å². The molecule has 1 saturated carbocycles. The van der Waals surface area contributed by atoms with E-state index in [1.165, 1.54) is 11.0 Å². The maximum atomic E-state index is 14.2. The molecule has 1 atom stereocenters. The molecule has 0 bridgehead atoms. The Labute approximate surface area is 229 Å². The number of aromatic nitrogens is 3. The lowest BCUT2D eigenvalue weighted by atomic mass is 9.58. The van der Waals surface area contributed by atoms with Crippen LogP contribution in [0.1, 0.15) is 77.7 Å². The number of aryl methyl sites for hydroxylation is 1. The monoisotopic (exact) mass is 553 g/mol. The molecule has 2 aliphatic rings. The lowest BCUT2D eigenvalue weighted by Crippen LogP contribution is -2.43. The first kappa shape index (κ1) is 27.7. The van der Waals surface area contributed by atoms with Crippen molar-refractivity contribution in [3.8, 4) is 0 Å². The van der Waals surface area contributed by atoms with Crippen molar-refractivity contribution in [1.29, 1.82) is 0 Å². The summed E-state index contributed by atoms with van der Waals surface area (Å²) in [6.45, 7) is 4.06. The Morgan fingerprint density at radius 2 is 2.05 bits per heavy atom. The van der Waals surface area contributed by atoms with Gasteiger partial charge in [-0.1, -0.05) is 24.2 Å². The molecule has 2 aromatic carbocycles. The summed E-state index contributed by atoms with van der Waals surface area (Å²) in [5, 5.41) is 11.9. The van der Waals surface area contributed by atoms with Crippen LogP contribution in [0.4, 0.5) is 18.9 Å². The largest absolute Gasteiger partial charge is 0.416 e. The van der Waals surface area contributed by atoms with Crippen LogP contribution in [0.15, 0.2) is 47.8 Å². The third-order valence-electron chi connectivity index (χ3n) is 7.92. The molecule has 5 rings (SSSR count). The molecule has 0 saturated heterocycles. The SMILES string of the molecule is CC1CC(c2cccc(N3Cc4c(cc(C(C)OCCCN=[N+]=[N-])cc4C(F)(F)F)C3=O)c2)(c2nncn2C)C1. The number of nitrogens with zero attached hydrogens (tertiary/aromatic N) is 7. The standard InChI is InChI=1S/C28H30F3N7O2/c1-17-13-27(14-17,26-35-34-16-37(26)3)20-6-4-7-21(12-20)38-15-23-22(25(38)39)10-19(11-24(23)28(29,30)31)18(2)40-9-5-8-33-36-32/h4,6-7,10-12,16-18H,5,8-9,13-15H2,1-3H3. The molecule has 1 aliphatic heterocycles. The molecular weight excluding hydrogens is 523 g/mol. The van der Waals surface area contributed by atoms with Gasteiger partial charge in [-0.2, -0.15) is 13.2 Å². The maximum Gasteiger partial charge on any atom is 0.416 e. The smallest absolute Gasteiger partial charge is 0.374 e. The van der Waals surface area contributed by atoms with Crippen LogP contribution in [0.3, 0.4) is 0 Å². The quantitative estimate of drug-likeness (QED) is 0.131. The van der Waals surface area contributed by atoms with E-state index in [1.54, 1.807) is 19.3 Å². The van der Waals surface area contributed by atoms with Gasteiger partial charge < -0.3 is 14.2 Å². The first-order valence-electron chi connectivity index (χ1n) is 13.2. The van der Waals surface area contributed by atoms with E-state index >= 15 is 0 Å². The average Bonchev–Trinajstić information content (AvgIpc) is 3.48. The summed E-state index contributed by atoms with van der Waals surface area (Å²) in [6, 6.07) is 10.0. The molecule has 1 aromatic heterocycles. The molecule has 1 aliphatic carbocycles. The second-order valence-corrected chi connectivity index (χ2v) is 10.7. The van der Waals surface area contributed by atoms with Crippen molar-refractivity contribution < 1.29 is 22.7 Å². The highest BCUT2D eigenvalue weighted by Crippen LogP contribution is 2.52. The van der Waals surface area contributed by atoms with Crippen LogP contribution < -0.4 is 4.90 Å². The molecule has 40 heavy (non-hydrogen) atoms. The minimum absolute atomic E-state index is 0.0278. The first-order valence-corrected chi connectivity index (χ1v) is 13.2. The Kier molecular flexibility index (Phi) is 7.32. The molecule has 210 valence electrons. The van der Waals surface area contributed by atoms with Crippen molar-refractivity contribution in [1.82, 2.24) is 14.8 Å². The van der Waals surface area contributed by atoms with Gasteiger partial charge in [0.15, 0.2) is 0 Å². The number of fused-ring (bicyclic) bond motifs is 1. The normalized spacial score (nSPS) is 21.1. The van der Waals surface area contributed by atoms with Gasteiger partial charge in [-0.15, -0.1) is 10.2 Å². The summed E-state index contributed by atoms with van der Waals surface area (Å²) >= 11 is 0. The molecule has 0 spiro atoms. The van der Waals surface area contributed by atoms with Gasteiger partial charge in [0.2, 0.25) is 0 Å². The Hall–Kier alpha value is -3.89. The van der Waals surface area contributed by atoms with Crippen molar-refractivity contribution in [2.75, 3.05) is 18.1 Å². The molecule has 2 heterocycles. The van der Waals surface area contributed by atoms with Crippen molar-refractivity contribution in [2.45, 2.75) is 57.3 Å². The number of hydrogen-bond acceptors (Lipinski definition) is 5. The molecule has 9 nitrogen and oxygen atoms in total. The Morgan fingerprint density at radius 1 is 1.27 bits per heavy atom. The lowest BCUT2D eigenvalue weighted by Gasteiger charge is -2.46. The molecule has 0 N–H and O–H groups in total. The number of carbonyl (C=O) groups is 1. The molecule has 1 unspecified atom stereocenters. The van der Waals surface area contributed by atoms with E-state index in [4.69, 9.17) is 10.3 Å². The van der Waals surface area contributed by atoms with Crippen LogP contribution in [-0.2, 0) is 29.9 Å². The minimum Gasteiger partial charge on any atom is -0.374 e. The summed E-state index contributed by atoms with van der Waals surface area (Å²) in [5.41, 5.74) is 8.93. The lowest BCUT2D eigenvalue weighted by molar-refractivity contribution is -0.138. The van der Waals surface area contributed by atoms with Gasteiger partial charge in [0, 0.05) is 36.4 Å². The fourth-order valence-electron chi connectivity index (χ4n) is 6.03. The highest BCUT2D eigenvalue weighted by molar-refractivity contribution is 6.10. The second kappa shape index (κ2) is 10.6. The van der Waals surface area contributed by atoms with Crippen molar-refractivity contribution in [3.05, 3.63) is 86.8 Å². The number of benzene rings is 2. The van der Waals surface area contributed by atoms with Crippen LogP contribution in [0.25, 0.3) is 10.4 Å². The fraction of sp³-hybridized carbons (Fsp3) is 0.464. The van der Waals surface area contributed by atoms with E-state index in [2.05, 4.69) is 27.1 Å². The van der Waals surface area contributed by atoms with Crippen LogP contribution in [0, 0.1) is 5.92 Å². The number of hydrogen-bond donors (Lipinski definition) is 0. The maximum absolute atomic E-state index is 14.2. The summed E-state index contributed by atoms with van der Waals surface area (Å²) in [6.07, 6.45) is -1.51. The first-order chi connectivity index (χ1) is 19.0. The fourth-order valence-corrected chi connectivity index (χ4v) is 6.03. The van der Waals surface area contributed by atoms with Crippen molar-refractivity contribution in [2.24, 2.45) is 18.1 Å². The van der Waals surface area contributed by atoms with Gasteiger partial charge in [-0.25, -0.2) is 0 Å². The van der Waals surface area contributed by atoms with E-state index in [-0.39, 0.29) is 41.8 Å². The van der Waals surface area contributed by atoms with Gasteiger partial charge in [-0.3, -0.25) is 4.79 Å². The summed E-state index contributed by atoms with van der Waals surface area (Å²) in [7, 11) is 1.89. The van der Waals surface area contributed by atoms with E-state index in [1.807, 2.05) is 29.8 Å². The zero-order valence-electron chi connectivity index (χ0n) is 22.5. The number of carbonyl (C=O) groups excluding carboxylic acids is 1. The van der Waals surface area contributed by atoms with Gasteiger partial charge in [0.1, 0.15) is 12.2 Å². The Balaban J connectivity index is 1.46. The number of amides is 1. The van der Waals surface area contributed by atoms with Crippen molar-refractivity contribution in [3.63, 3.8) is 0 Å². The predicted molar refractivity (Wildman–Crippen MR) is 142 cm³/mol. The van der Waals surface area contributed by atoms with Gasteiger partial charge in [-0.05, 0) is 78.6 Å². The van der Waals surface area contributed by atoms with E-state index in [0.29, 0.717) is 18.0 Å². The molecule has 1 fully saturated rings. The number of alkyl halides is 3. The second-order valence-electron chi connectivity index (χ2n) is 10.7. The molecule has 3 aromatic rings. The highest BCUT2D eigenvalue weighted by Gasteiger charge is 2.48. The zero-order chi connectivity index (χ0) is 28.7. The summed E-state index contributed by atoms with van der Waals surface area (Å²) in [5.74, 6) is 0.829. The number of ether oxygens (including phenoxy) is 1. The minimum atomic E-state index is -4.64. The average molecular weight is 554 g/mol. The van der Waals surface area contributed by atoms with Crippen molar-refractivity contribution >= 4 is 11.6 Å². The van der Waals surface area contributed by atoms with Crippen LogP contribution in [0.2, 0.25) is 0 Å². The molecular formula is C28H30F3N7O2. The van der Waals surface area contributed by atoms with E-state index < -0.39 is 23.8 Å². The van der Waals surface area contributed by atoms with E-state index in [0.717, 1.165) is 30.3 Å². The van der Waals surface area contributed by atoms with E-state index in [9.17, 15) is 18.0 Å². The third kappa shape index (κ3) is 4.93. The Bertz CT molecular complexity index is 1470. The zero-order valence-corrected chi connectivity index (χ0v) is 22.5. The Morgan fingerprint density at radius 3 is 2.70 bits per heavy atom. The molecule has 1 amide bonds. The number of rotatable bonds is 9. The number of halogens is 3. The van der Waals surface area contributed by atoms with Crippen LogP contribution >= 0.6 is 0 Å². The summed E-state index contributed by atoms with van der Waals surface area (Å²) < 4.78 is 50.2. The predicted octanol–water partition coefficient (Wildman–Crippen LogP) is 6.49. The summed E-state index contributed by atoms with van der Waals surface area (Å²) in [4.78, 5) is 17.7. The number of anilines is 1. The van der Waals surface area contributed by atoms with Gasteiger partial charge in [0.05, 0.1) is 23.6 Å².